The first-order valence-corrected chi connectivity index (χ1v) is 8.23. The average Bonchev–Trinajstić information content (AvgIpc) is 2.49. The molecular formula is C18H29N3O3. The molecule has 1 rings (SSSR count). The minimum Gasteiger partial charge on any atom is -0.497 e. The van der Waals surface area contributed by atoms with E-state index in [2.05, 4.69) is 10.3 Å². The Morgan fingerprint density at radius 1 is 1.25 bits per heavy atom. The largest absolute Gasteiger partial charge is 0.497 e. The number of carbonyl (C=O) groups excluding carboxylic acids is 1. The molecule has 0 bridgehead atoms. The Morgan fingerprint density at radius 2 is 2.00 bits per heavy atom. The molecule has 0 aromatic heterocycles. The molecule has 6 nitrogen and oxygen atoms in total. The van der Waals surface area contributed by atoms with Crippen LogP contribution in [-0.2, 0) is 9.53 Å². The zero-order valence-electron chi connectivity index (χ0n) is 15.1. The molecule has 0 unspecified atom stereocenters. The van der Waals surface area contributed by atoms with Crippen LogP contribution in [0.15, 0.2) is 29.3 Å². The van der Waals surface area contributed by atoms with E-state index in [0.29, 0.717) is 18.9 Å². The van der Waals surface area contributed by atoms with Gasteiger partial charge < -0.3 is 20.5 Å². The van der Waals surface area contributed by atoms with Gasteiger partial charge in [-0.15, -0.1) is 0 Å². The molecule has 1 aromatic carbocycles. The molecule has 0 aliphatic heterocycles. The van der Waals surface area contributed by atoms with Crippen molar-refractivity contribution in [1.29, 1.82) is 0 Å². The van der Waals surface area contributed by atoms with E-state index in [0.717, 1.165) is 30.7 Å². The Kier molecular flexibility index (Phi) is 8.09. The molecule has 1 aromatic rings. The van der Waals surface area contributed by atoms with Gasteiger partial charge in [-0.1, -0.05) is 12.5 Å². The zero-order chi connectivity index (χ0) is 18.0. The van der Waals surface area contributed by atoms with Crippen molar-refractivity contribution in [2.24, 2.45) is 10.7 Å². The normalized spacial score (nSPS) is 11.9. The first-order chi connectivity index (χ1) is 11.3. The highest BCUT2D eigenvalue weighted by molar-refractivity contribution is 5.92. The third-order valence-electron chi connectivity index (χ3n) is 3.08. The van der Waals surface area contributed by atoms with Gasteiger partial charge in [-0.05, 0) is 45.7 Å². The van der Waals surface area contributed by atoms with Gasteiger partial charge in [-0.3, -0.25) is 9.79 Å². The van der Waals surface area contributed by atoms with E-state index >= 15 is 0 Å². The van der Waals surface area contributed by atoms with E-state index in [4.69, 9.17) is 15.2 Å². The molecule has 0 radical (unpaired) electrons. The Balaban J connectivity index is 2.21. The van der Waals surface area contributed by atoms with E-state index in [1.54, 1.807) is 7.11 Å². The maximum Gasteiger partial charge on any atom is 0.306 e. The fraction of sp³-hybridized carbons (Fsp3) is 0.556. The number of unbranched alkanes of at least 4 members (excludes halogenated alkanes) is 2. The van der Waals surface area contributed by atoms with Crippen LogP contribution in [0.5, 0.6) is 5.75 Å². The molecule has 0 spiro atoms. The summed E-state index contributed by atoms with van der Waals surface area (Å²) < 4.78 is 10.4. The number of methoxy groups -OCH3 is 1. The Hall–Kier alpha value is -2.24. The van der Waals surface area contributed by atoms with Crippen molar-refractivity contribution in [1.82, 2.24) is 0 Å². The molecule has 24 heavy (non-hydrogen) atoms. The lowest BCUT2D eigenvalue weighted by Gasteiger charge is -2.19. The number of anilines is 1. The summed E-state index contributed by atoms with van der Waals surface area (Å²) in [6, 6.07) is 7.49. The Labute approximate surface area is 144 Å². The molecule has 0 fully saturated rings. The van der Waals surface area contributed by atoms with Crippen LogP contribution in [0.3, 0.4) is 0 Å². The number of nitrogens with two attached hydrogens (primary N) is 1. The Bertz CT molecular complexity index is 551. The van der Waals surface area contributed by atoms with Crippen LogP contribution in [0.2, 0.25) is 0 Å². The predicted octanol–water partition coefficient (Wildman–Crippen LogP) is 3.32. The molecule has 6 heteroatoms. The third kappa shape index (κ3) is 9.02. The summed E-state index contributed by atoms with van der Waals surface area (Å²) in [4.78, 5) is 15.8. The summed E-state index contributed by atoms with van der Waals surface area (Å²) in [5, 5.41) is 3.03. The fourth-order valence-corrected chi connectivity index (χ4v) is 2.04. The summed E-state index contributed by atoms with van der Waals surface area (Å²) in [6.45, 7) is 6.24. The van der Waals surface area contributed by atoms with E-state index in [1.807, 2.05) is 45.0 Å². The number of rotatable bonds is 8. The van der Waals surface area contributed by atoms with Crippen molar-refractivity contribution in [3.63, 3.8) is 0 Å². The van der Waals surface area contributed by atoms with Crippen LogP contribution >= 0.6 is 0 Å². The van der Waals surface area contributed by atoms with Crippen molar-refractivity contribution in [2.45, 2.75) is 52.1 Å². The van der Waals surface area contributed by atoms with Gasteiger partial charge in [-0.25, -0.2) is 0 Å². The lowest BCUT2D eigenvalue weighted by atomic mass is 10.1. The van der Waals surface area contributed by atoms with E-state index in [-0.39, 0.29) is 5.97 Å². The van der Waals surface area contributed by atoms with Crippen LogP contribution in [0.4, 0.5) is 5.69 Å². The number of carbonyl (C=O) groups is 1. The number of nitrogens with one attached hydrogen (secondary N) is 1. The summed E-state index contributed by atoms with van der Waals surface area (Å²) >= 11 is 0. The molecule has 0 saturated carbocycles. The van der Waals surface area contributed by atoms with E-state index in [9.17, 15) is 4.79 Å². The van der Waals surface area contributed by atoms with Gasteiger partial charge in [0.15, 0.2) is 5.96 Å². The highest BCUT2D eigenvalue weighted by Crippen LogP contribution is 2.16. The fourth-order valence-electron chi connectivity index (χ4n) is 2.04. The van der Waals surface area contributed by atoms with Gasteiger partial charge in [0.05, 0.1) is 7.11 Å². The summed E-state index contributed by atoms with van der Waals surface area (Å²) in [7, 11) is 1.62. The van der Waals surface area contributed by atoms with E-state index in [1.165, 1.54) is 0 Å². The smallest absolute Gasteiger partial charge is 0.306 e. The number of nitrogens with zero attached hydrogens (tertiary/aromatic N) is 1. The highest BCUT2D eigenvalue weighted by atomic mass is 16.6. The molecular weight excluding hydrogens is 306 g/mol. The molecule has 0 amide bonds. The number of esters is 1. The van der Waals surface area contributed by atoms with Crippen molar-refractivity contribution in [2.75, 3.05) is 19.0 Å². The maximum atomic E-state index is 11.6. The van der Waals surface area contributed by atoms with Crippen LogP contribution < -0.4 is 15.8 Å². The van der Waals surface area contributed by atoms with Gasteiger partial charge in [0, 0.05) is 24.7 Å². The number of hydrogen-bond acceptors (Lipinski definition) is 4. The standard InChI is InChI=1S/C18H29N3O3/c1-18(2,3)24-16(22)11-6-5-7-12-20-17(19)21-14-9-8-10-15(13-14)23-4/h8-10,13H,5-7,11-12H2,1-4H3,(H3,19,20,21). The second-order valence-corrected chi connectivity index (χ2v) is 6.52. The van der Waals surface area contributed by atoms with Gasteiger partial charge in [0.1, 0.15) is 11.4 Å². The molecule has 0 atom stereocenters. The average molecular weight is 335 g/mol. The minimum absolute atomic E-state index is 0.148. The molecule has 3 N–H and O–H groups in total. The lowest BCUT2D eigenvalue weighted by Crippen LogP contribution is -2.23. The molecule has 0 aliphatic carbocycles. The molecule has 0 heterocycles. The third-order valence-corrected chi connectivity index (χ3v) is 3.08. The minimum atomic E-state index is -0.415. The first-order valence-electron chi connectivity index (χ1n) is 8.23. The molecule has 0 aliphatic rings. The second kappa shape index (κ2) is 9.80. The number of guanidine groups is 1. The Morgan fingerprint density at radius 3 is 2.67 bits per heavy atom. The molecule has 134 valence electrons. The number of benzene rings is 1. The van der Waals surface area contributed by atoms with Crippen LogP contribution in [0.1, 0.15) is 46.5 Å². The van der Waals surface area contributed by atoms with Gasteiger partial charge >= 0.3 is 5.97 Å². The van der Waals surface area contributed by atoms with E-state index < -0.39 is 5.60 Å². The second-order valence-electron chi connectivity index (χ2n) is 6.52. The quantitative estimate of drug-likeness (QED) is 0.329. The SMILES string of the molecule is COc1cccc(NC(N)=NCCCCCC(=O)OC(C)(C)C)c1. The van der Waals surface area contributed by atoms with Gasteiger partial charge in [0.25, 0.3) is 0 Å². The maximum absolute atomic E-state index is 11.6. The van der Waals surface area contributed by atoms with Crippen molar-refractivity contribution < 1.29 is 14.3 Å². The van der Waals surface area contributed by atoms with Crippen LogP contribution in [0, 0.1) is 0 Å². The van der Waals surface area contributed by atoms with Crippen molar-refractivity contribution >= 4 is 17.6 Å². The highest BCUT2D eigenvalue weighted by Gasteiger charge is 2.15. The van der Waals surface area contributed by atoms with Gasteiger partial charge in [0.2, 0.25) is 0 Å². The number of ether oxygens (including phenoxy) is 2. The van der Waals surface area contributed by atoms with Crippen LogP contribution in [-0.4, -0.2) is 31.2 Å². The summed E-state index contributed by atoms with van der Waals surface area (Å²) in [5.74, 6) is 0.982. The monoisotopic (exact) mass is 335 g/mol. The number of hydrogen-bond donors (Lipinski definition) is 2. The summed E-state index contributed by atoms with van der Waals surface area (Å²) in [6.07, 6.45) is 3.03. The molecule has 0 saturated heterocycles. The van der Waals surface area contributed by atoms with Crippen LogP contribution in [0.25, 0.3) is 0 Å². The zero-order valence-corrected chi connectivity index (χ0v) is 15.1. The van der Waals surface area contributed by atoms with Crippen molar-refractivity contribution in [3.8, 4) is 5.75 Å². The lowest BCUT2D eigenvalue weighted by molar-refractivity contribution is -0.154. The first kappa shape index (κ1) is 19.8. The van der Waals surface area contributed by atoms with Crippen molar-refractivity contribution in [3.05, 3.63) is 24.3 Å². The summed E-state index contributed by atoms with van der Waals surface area (Å²) in [5.41, 5.74) is 6.27. The topological polar surface area (TPSA) is 85.9 Å². The predicted molar refractivity (Wildman–Crippen MR) is 97.4 cm³/mol. The number of aliphatic imine (C=N–C) groups is 1. The van der Waals surface area contributed by atoms with Gasteiger partial charge in [-0.2, -0.15) is 0 Å².